The molecule has 0 spiro atoms. The summed E-state index contributed by atoms with van der Waals surface area (Å²) in [5.41, 5.74) is 4.80. The number of rotatable bonds is 4. The Morgan fingerprint density at radius 1 is 1.00 bits per heavy atom. The Kier molecular flexibility index (Phi) is 5.75. The first kappa shape index (κ1) is 18.4. The molecule has 2 aromatic carbocycles. The number of urea groups is 1. The van der Waals surface area contributed by atoms with Gasteiger partial charge in [-0.3, -0.25) is 4.79 Å². The number of hydrogen-bond donors (Lipinski definition) is 3. The average Bonchev–Trinajstić information content (AvgIpc) is 2.49. The molecule has 2 rings (SSSR count). The molecule has 0 fully saturated rings. The van der Waals surface area contributed by atoms with Gasteiger partial charge in [0, 0.05) is 19.2 Å². The molecule has 25 heavy (non-hydrogen) atoms. The molecule has 0 saturated carbocycles. The molecule has 0 aromatic heterocycles. The number of amides is 3. The van der Waals surface area contributed by atoms with E-state index in [1.807, 2.05) is 20.8 Å². The van der Waals surface area contributed by atoms with Gasteiger partial charge in [-0.2, -0.15) is 0 Å². The van der Waals surface area contributed by atoms with Crippen LogP contribution in [0.3, 0.4) is 0 Å². The first-order valence-electron chi connectivity index (χ1n) is 7.95. The van der Waals surface area contributed by atoms with E-state index in [4.69, 9.17) is 0 Å². The summed E-state index contributed by atoms with van der Waals surface area (Å²) in [6.45, 7) is 7.71. The zero-order valence-corrected chi connectivity index (χ0v) is 14.8. The van der Waals surface area contributed by atoms with Crippen LogP contribution in [-0.2, 0) is 11.3 Å². The predicted molar refractivity (Wildman–Crippen MR) is 97.2 cm³/mol. The first-order chi connectivity index (χ1) is 11.8. The second kappa shape index (κ2) is 7.79. The van der Waals surface area contributed by atoms with Crippen molar-refractivity contribution in [3.8, 4) is 0 Å². The maximum Gasteiger partial charge on any atom is 0.319 e. The molecular formula is C19H22FN3O2. The van der Waals surface area contributed by atoms with E-state index in [0.717, 1.165) is 16.7 Å². The molecule has 3 amide bonds. The lowest BCUT2D eigenvalue weighted by Crippen LogP contribution is -2.29. The molecule has 6 heteroatoms. The molecule has 0 bridgehead atoms. The molecule has 0 unspecified atom stereocenters. The van der Waals surface area contributed by atoms with Crippen LogP contribution in [0.5, 0.6) is 0 Å². The fourth-order valence-corrected chi connectivity index (χ4v) is 2.73. The van der Waals surface area contributed by atoms with Gasteiger partial charge in [-0.1, -0.05) is 17.7 Å². The fraction of sp³-hybridized carbons (Fsp3) is 0.263. The Labute approximate surface area is 146 Å². The van der Waals surface area contributed by atoms with Crippen LogP contribution >= 0.6 is 0 Å². The minimum atomic E-state index is -0.577. The lowest BCUT2D eigenvalue weighted by molar-refractivity contribution is -0.114. The number of carbonyl (C=O) groups excluding carboxylic acids is 2. The van der Waals surface area contributed by atoms with Gasteiger partial charge in [0.2, 0.25) is 5.91 Å². The van der Waals surface area contributed by atoms with Crippen LogP contribution in [0.2, 0.25) is 0 Å². The van der Waals surface area contributed by atoms with E-state index < -0.39 is 11.8 Å². The van der Waals surface area contributed by atoms with E-state index >= 15 is 0 Å². The quantitative estimate of drug-likeness (QED) is 0.784. The van der Waals surface area contributed by atoms with Gasteiger partial charge in [-0.25, -0.2) is 9.18 Å². The van der Waals surface area contributed by atoms with Crippen molar-refractivity contribution in [2.75, 3.05) is 10.6 Å². The second-order valence-electron chi connectivity index (χ2n) is 6.06. The Balaban J connectivity index is 2.05. The van der Waals surface area contributed by atoms with E-state index in [9.17, 15) is 14.0 Å². The van der Waals surface area contributed by atoms with E-state index in [2.05, 4.69) is 28.1 Å². The van der Waals surface area contributed by atoms with Crippen molar-refractivity contribution in [1.29, 1.82) is 0 Å². The average molecular weight is 343 g/mol. The molecule has 0 aliphatic carbocycles. The maximum atomic E-state index is 13.8. The highest BCUT2D eigenvalue weighted by Crippen LogP contribution is 2.20. The minimum absolute atomic E-state index is 0.00102. The molecule has 132 valence electrons. The molecule has 0 aliphatic rings. The number of hydrogen-bond acceptors (Lipinski definition) is 2. The zero-order chi connectivity index (χ0) is 18.6. The zero-order valence-electron chi connectivity index (χ0n) is 14.8. The van der Waals surface area contributed by atoms with Crippen molar-refractivity contribution in [2.45, 2.75) is 34.2 Å². The van der Waals surface area contributed by atoms with E-state index in [1.165, 1.54) is 30.7 Å². The lowest BCUT2D eigenvalue weighted by Gasteiger charge is -2.14. The van der Waals surface area contributed by atoms with E-state index in [-0.39, 0.29) is 11.6 Å². The monoisotopic (exact) mass is 343 g/mol. The molecule has 2 aromatic rings. The van der Waals surface area contributed by atoms with Crippen LogP contribution in [0.1, 0.15) is 29.2 Å². The maximum absolute atomic E-state index is 13.8. The van der Waals surface area contributed by atoms with Gasteiger partial charge in [0.15, 0.2) is 0 Å². The third kappa shape index (κ3) is 5.04. The largest absolute Gasteiger partial charge is 0.334 e. The Morgan fingerprint density at radius 3 is 2.24 bits per heavy atom. The highest BCUT2D eigenvalue weighted by atomic mass is 19.1. The summed E-state index contributed by atoms with van der Waals surface area (Å²) in [5, 5.41) is 7.75. The van der Waals surface area contributed by atoms with Crippen LogP contribution in [0.25, 0.3) is 0 Å². The van der Waals surface area contributed by atoms with Crippen molar-refractivity contribution in [3.05, 3.63) is 58.4 Å². The van der Waals surface area contributed by atoms with Crippen LogP contribution in [-0.4, -0.2) is 11.9 Å². The molecular weight excluding hydrogens is 321 g/mol. The summed E-state index contributed by atoms with van der Waals surface area (Å²) in [6.07, 6.45) is 0. The summed E-state index contributed by atoms with van der Waals surface area (Å²) >= 11 is 0. The smallest absolute Gasteiger partial charge is 0.319 e. The van der Waals surface area contributed by atoms with Crippen LogP contribution < -0.4 is 16.0 Å². The van der Waals surface area contributed by atoms with Gasteiger partial charge in [0.25, 0.3) is 0 Å². The molecule has 3 N–H and O–H groups in total. The fourth-order valence-electron chi connectivity index (χ4n) is 2.73. The predicted octanol–water partition coefficient (Wildman–Crippen LogP) is 4.03. The molecule has 0 heterocycles. The SMILES string of the molecule is CC(=O)Nc1ccc(F)c(NC(=O)NCc2c(C)cc(C)cc2C)c1. The Bertz CT molecular complexity index is 795. The first-order valence-corrected chi connectivity index (χ1v) is 7.95. The van der Waals surface area contributed by atoms with E-state index in [0.29, 0.717) is 12.2 Å². The summed E-state index contributed by atoms with van der Waals surface area (Å²) in [6, 6.07) is 7.59. The number of benzene rings is 2. The van der Waals surface area contributed by atoms with Crippen molar-refractivity contribution >= 4 is 23.3 Å². The minimum Gasteiger partial charge on any atom is -0.334 e. The molecule has 0 atom stereocenters. The highest BCUT2D eigenvalue weighted by Gasteiger charge is 2.10. The van der Waals surface area contributed by atoms with E-state index in [1.54, 1.807) is 0 Å². The summed E-state index contributed by atoms with van der Waals surface area (Å²) < 4.78 is 13.8. The third-order valence-corrected chi connectivity index (χ3v) is 3.80. The summed E-state index contributed by atoms with van der Waals surface area (Å²) in [4.78, 5) is 23.2. The van der Waals surface area contributed by atoms with Gasteiger partial charge >= 0.3 is 6.03 Å². The number of anilines is 2. The standard InChI is InChI=1S/C19H22FN3O2/c1-11-7-12(2)16(13(3)8-11)10-21-19(25)23-18-9-15(22-14(4)24)5-6-17(18)20/h5-9H,10H2,1-4H3,(H,22,24)(H2,21,23,25). The van der Waals surface area contributed by atoms with Crippen molar-refractivity contribution < 1.29 is 14.0 Å². The molecule has 0 saturated heterocycles. The third-order valence-electron chi connectivity index (χ3n) is 3.80. The number of aryl methyl sites for hydroxylation is 3. The lowest BCUT2D eigenvalue weighted by atomic mass is 10.00. The van der Waals surface area contributed by atoms with Crippen LogP contribution in [0, 0.1) is 26.6 Å². The number of carbonyl (C=O) groups is 2. The van der Waals surface area contributed by atoms with Gasteiger partial charge in [-0.15, -0.1) is 0 Å². The van der Waals surface area contributed by atoms with Crippen molar-refractivity contribution in [3.63, 3.8) is 0 Å². The normalized spacial score (nSPS) is 10.3. The van der Waals surface area contributed by atoms with Gasteiger partial charge in [0.05, 0.1) is 5.69 Å². The van der Waals surface area contributed by atoms with Crippen molar-refractivity contribution in [1.82, 2.24) is 5.32 Å². The number of nitrogens with one attached hydrogen (secondary N) is 3. The van der Waals surface area contributed by atoms with Crippen molar-refractivity contribution in [2.24, 2.45) is 0 Å². The van der Waals surface area contributed by atoms with Crippen LogP contribution in [0.15, 0.2) is 30.3 Å². The Hall–Kier alpha value is -2.89. The van der Waals surface area contributed by atoms with Gasteiger partial charge < -0.3 is 16.0 Å². The molecule has 0 radical (unpaired) electrons. The van der Waals surface area contributed by atoms with Gasteiger partial charge in [-0.05, 0) is 55.7 Å². The topological polar surface area (TPSA) is 70.2 Å². The van der Waals surface area contributed by atoms with Gasteiger partial charge in [0.1, 0.15) is 5.82 Å². The summed E-state index contributed by atoms with van der Waals surface area (Å²) in [5.74, 6) is -0.848. The summed E-state index contributed by atoms with van der Waals surface area (Å²) in [7, 11) is 0. The van der Waals surface area contributed by atoms with Crippen LogP contribution in [0.4, 0.5) is 20.6 Å². The second-order valence-corrected chi connectivity index (χ2v) is 6.06. The Morgan fingerprint density at radius 2 is 1.64 bits per heavy atom. The molecule has 0 aliphatic heterocycles. The molecule has 5 nitrogen and oxygen atoms in total. The number of halogens is 1. The highest BCUT2D eigenvalue weighted by molar-refractivity contribution is 5.92.